The van der Waals surface area contributed by atoms with Crippen LogP contribution in [0.1, 0.15) is 32.1 Å². The van der Waals surface area contributed by atoms with E-state index < -0.39 is 0 Å². The van der Waals surface area contributed by atoms with Crippen LogP contribution in [0.25, 0.3) is 0 Å². The van der Waals surface area contributed by atoms with Crippen molar-refractivity contribution in [2.45, 2.75) is 38.6 Å². The number of nitrogens with zero attached hydrogens (tertiary/aromatic N) is 3. The molecule has 0 unspecified atom stereocenters. The van der Waals surface area contributed by atoms with Crippen LogP contribution in [0.15, 0.2) is 12.5 Å². The van der Waals surface area contributed by atoms with Crippen molar-refractivity contribution < 1.29 is 0 Å². The van der Waals surface area contributed by atoms with Crippen LogP contribution in [-0.4, -0.2) is 34.1 Å². The average molecular weight is 248 g/mol. The first-order valence-electron chi connectivity index (χ1n) is 7.31. The van der Waals surface area contributed by atoms with Crippen molar-refractivity contribution in [1.82, 2.24) is 14.5 Å². The highest BCUT2D eigenvalue weighted by Crippen LogP contribution is 2.35. The van der Waals surface area contributed by atoms with Crippen LogP contribution in [0.2, 0.25) is 0 Å². The van der Waals surface area contributed by atoms with E-state index in [-0.39, 0.29) is 0 Å². The molecular formula is C14H24N4. The summed E-state index contributed by atoms with van der Waals surface area (Å²) < 4.78 is 2.10. The number of nitrogens with two attached hydrogens (primary N) is 1. The molecule has 3 rings (SSSR count). The Morgan fingerprint density at radius 3 is 2.78 bits per heavy atom. The number of fused-ring (bicyclic) bond motifs is 1. The Kier molecular flexibility index (Phi) is 3.55. The number of anilines is 1. The summed E-state index contributed by atoms with van der Waals surface area (Å²) >= 11 is 0. The number of nitrogen functional groups attached to an aromatic ring is 1. The molecule has 2 atom stereocenters. The Hall–Kier alpha value is -1.03. The fourth-order valence-electron chi connectivity index (χ4n) is 3.64. The van der Waals surface area contributed by atoms with Gasteiger partial charge in [0, 0.05) is 25.8 Å². The van der Waals surface area contributed by atoms with Gasteiger partial charge in [-0.2, -0.15) is 0 Å². The highest BCUT2D eigenvalue weighted by atomic mass is 15.2. The first kappa shape index (κ1) is 12.0. The molecule has 1 saturated carbocycles. The monoisotopic (exact) mass is 248 g/mol. The third kappa shape index (κ3) is 2.69. The highest BCUT2D eigenvalue weighted by Gasteiger charge is 2.30. The summed E-state index contributed by atoms with van der Waals surface area (Å²) in [6, 6.07) is 0. The maximum atomic E-state index is 5.63. The minimum atomic E-state index is 0.626. The van der Waals surface area contributed by atoms with Gasteiger partial charge in [0.05, 0.1) is 6.33 Å². The zero-order chi connectivity index (χ0) is 12.4. The second kappa shape index (κ2) is 5.31. The number of imidazole rings is 1. The minimum Gasteiger partial charge on any atom is -0.382 e. The third-order valence-electron chi connectivity index (χ3n) is 4.70. The molecule has 0 spiro atoms. The average Bonchev–Trinajstić information content (AvgIpc) is 2.82. The minimum absolute atomic E-state index is 0.626. The molecule has 2 fully saturated rings. The normalized spacial score (nSPS) is 29.1. The molecule has 1 aromatic heterocycles. The van der Waals surface area contributed by atoms with Gasteiger partial charge in [-0.1, -0.05) is 19.3 Å². The van der Waals surface area contributed by atoms with Crippen molar-refractivity contribution in [2.75, 3.05) is 25.4 Å². The summed E-state index contributed by atoms with van der Waals surface area (Å²) in [5.41, 5.74) is 5.63. The summed E-state index contributed by atoms with van der Waals surface area (Å²) in [7, 11) is 0. The topological polar surface area (TPSA) is 47.1 Å². The summed E-state index contributed by atoms with van der Waals surface area (Å²) in [5.74, 6) is 2.63. The van der Waals surface area contributed by atoms with Gasteiger partial charge in [0.1, 0.15) is 5.82 Å². The lowest BCUT2D eigenvalue weighted by atomic mass is 9.75. The van der Waals surface area contributed by atoms with Gasteiger partial charge in [-0.05, 0) is 31.2 Å². The van der Waals surface area contributed by atoms with Crippen molar-refractivity contribution >= 4 is 5.82 Å². The lowest BCUT2D eigenvalue weighted by Crippen LogP contribution is -2.42. The molecule has 0 aromatic carbocycles. The van der Waals surface area contributed by atoms with Crippen LogP contribution in [-0.2, 0) is 6.54 Å². The van der Waals surface area contributed by atoms with Gasteiger partial charge in [0.25, 0.3) is 0 Å². The zero-order valence-electron chi connectivity index (χ0n) is 11.1. The second-order valence-corrected chi connectivity index (χ2v) is 5.93. The van der Waals surface area contributed by atoms with Gasteiger partial charge >= 0.3 is 0 Å². The van der Waals surface area contributed by atoms with Crippen LogP contribution in [0, 0.1) is 11.8 Å². The maximum Gasteiger partial charge on any atom is 0.141 e. The van der Waals surface area contributed by atoms with E-state index in [4.69, 9.17) is 5.73 Å². The lowest BCUT2D eigenvalue weighted by molar-refractivity contribution is 0.0845. The number of rotatable bonds is 3. The molecule has 4 heteroatoms. The SMILES string of the molecule is Nc1cn(CCN2CC[C@@H]3CCCC[C@@H]3C2)cn1. The van der Waals surface area contributed by atoms with Gasteiger partial charge in [-0.25, -0.2) is 4.98 Å². The molecule has 100 valence electrons. The van der Waals surface area contributed by atoms with E-state index in [9.17, 15) is 0 Å². The van der Waals surface area contributed by atoms with Crippen molar-refractivity contribution in [3.8, 4) is 0 Å². The maximum absolute atomic E-state index is 5.63. The molecule has 1 aliphatic carbocycles. The molecule has 1 saturated heterocycles. The van der Waals surface area contributed by atoms with E-state index in [1.165, 1.54) is 45.2 Å². The number of piperidine rings is 1. The Balaban J connectivity index is 1.49. The van der Waals surface area contributed by atoms with Gasteiger partial charge in [0.15, 0.2) is 0 Å². The summed E-state index contributed by atoms with van der Waals surface area (Å²) in [4.78, 5) is 6.70. The van der Waals surface area contributed by atoms with Crippen molar-refractivity contribution in [2.24, 2.45) is 11.8 Å². The van der Waals surface area contributed by atoms with Crippen molar-refractivity contribution in [3.63, 3.8) is 0 Å². The van der Waals surface area contributed by atoms with Crippen LogP contribution in [0.5, 0.6) is 0 Å². The molecule has 1 aliphatic heterocycles. The number of aromatic nitrogens is 2. The Bertz CT molecular complexity index is 387. The van der Waals surface area contributed by atoms with Crippen LogP contribution in [0.4, 0.5) is 5.82 Å². The molecular weight excluding hydrogens is 224 g/mol. The van der Waals surface area contributed by atoms with E-state index in [1.807, 2.05) is 12.5 Å². The van der Waals surface area contributed by atoms with E-state index >= 15 is 0 Å². The van der Waals surface area contributed by atoms with E-state index in [0.29, 0.717) is 5.82 Å². The van der Waals surface area contributed by atoms with Crippen molar-refractivity contribution in [1.29, 1.82) is 0 Å². The standard InChI is InChI=1S/C14H24N4/c15-14-10-18(11-16-14)8-7-17-6-5-12-3-1-2-4-13(12)9-17/h10-13H,1-9,15H2/t12-,13+/m0/s1. The first-order chi connectivity index (χ1) is 8.81. The molecule has 0 amide bonds. The van der Waals surface area contributed by atoms with Gasteiger partial charge in [-0.3, -0.25) is 0 Å². The Morgan fingerprint density at radius 2 is 2.00 bits per heavy atom. The molecule has 1 aromatic rings. The molecule has 0 bridgehead atoms. The molecule has 2 heterocycles. The van der Waals surface area contributed by atoms with Gasteiger partial charge in [-0.15, -0.1) is 0 Å². The second-order valence-electron chi connectivity index (χ2n) is 5.93. The summed E-state index contributed by atoms with van der Waals surface area (Å²) in [6.07, 6.45) is 11.0. The fraction of sp³-hybridized carbons (Fsp3) is 0.786. The largest absolute Gasteiger partial charge is 0.382 e. The summed E-state index contributed by atoms with van der Waals surface area (Å²) in [6.45, 7) is 4.75. The predicted octanol–water partition coefficient (Wildman–Crippen LogP) is 1.98. The lowest BCUT2D eigenvalue weighted by Gasteiger charge is -2.41. The van der Waals surface area contributed by atoms with Gasteiger partial charge in [0.2, 0.25) is 0 Å². The van der Waals surface area contributed by atoms with E-state index in [1.54, 1.807) is 0 Å². The Morgan fingerprint density at radius 1 is 1.17 bits per heavy atom. The first-order valence-corrected chi connectivity index (χ1v) is 7.31. The number of likely N-dealkylation sites (tertiary alicyclic amines) is 1. The fourth-order valence-corrected chi connectivity index (χ4v) is 3.64. The molecule has 2 N–H and O–H groups in total. The molecule has 2 aliphatic rings. The summed E-state index contributed by atoms with van der Waals surface area (Å²) in [5, 5.41) is 0. The number of hydrogen-bond donors (Lipinski definition) is 1. The predicted molar refractivity (Wildman–Crippen MR) is 73.1 cm³/mol. The van der Waals surface area contributed by atoms with E-state index in [2.05, 4.69) is 14.5 Å². The molecule has 0 radical (unpaired) electrons. The van der Waals surface area contributed by atoms with E-state index in [0.717, 1.165) is 24.9 Å². The zero-order valence-corrected chi connectivity index (χ0v) is 11.1. The number of hydrogen-bond acceptors (Lipinski definition) is 3. The molecule has 4 nitrogen and oxygen atoms in total. The quantitative estimate of drug-likeness (QED) is 0.889. The van der Waals surface area contributed by atoms with Gasteiger partial charge < -0.3 is 15.2 Å². The third-order valence-corrected chi connectivity index (χ3v) is 4.70. The van der Waals surface area contributed by atoms with Crippen molar-refractivity contribution in [3.05, 3.63) is 12.5 Å². The highest BCUT2D eigenvalue weighted by molar-refractivity contribution is 5.22. The smallest absolute Gasteiger partial charge is 0.141 e. The van der Waals surface area contributed by atoms with Crippen LogP contribution >= 0.6 is 0 Å². The Labute approximate surface area is 109 Å². The molecule has 18 heavy (non-hydrogen) atoms. The van der Waals surface area contributed by atoms with Crippen LogP contribution in [0.3, 0.4) is 0 Å². The van der Waals surface area contributed by atoms with Crippen LogP contribution < -0.4 is 5.73 Å².